The second-order valence-electron chi connectivity index (χ2n) is 7.70. The van der Waals surface area contributed by atoms with E-state index < -0.39 is 0 Å². The Labute approximate surface area is 177 Å². The number of hydrogen-bond donors (Lipinski definition) is 1. The highest BCUT2D eigenvalue weighted by Crippen LogP contribution is 2.19. The number of ether oxygens (including phenoxy) is 2. The fourth-order valence-corrected chi connectivity index (χ4v) is 3.22. The molecular formula is C26H39NO2. The highest BCUT2D eigenvalue weighted by Gasteiger charge is 2.00. The number of anilines is 1. The quantitative estimate of drug-likeness (QED) is 0.296. The van der Waals surface area contributed by atoms with Crippen LogP contribution in [0.1, 0.15) is 77.2 Å². The standard InChI is InChI=1S/C26H39NO2/c1-3-5-7-9-11-20-29-26-14-12-13-24(21-26)27-22-23-15-17-25(18-16-23)28-19-10-8-6-4-2/h12-18,21,27H,3-11,19-20,22H2,1-2H3. The molecule has 2 aromatic rings. The molecule has 0 unspecified atom stereocenters. The minimum Gasteiger partial charge on any atom is -0.494 e. The van der Waals surface area contributed by atoms with Gasteiger partial charge >= 0.3 is 0 Å². The van der Waals surface area contributed by atoms with Gasteiger partial charge in [0.1, 0.15) is 11.5 Å². The molecule has 0 aliphatic heterocycles. The molecule has 160 valence electrons. The fourth-order valence-electron chi connectivity index (χ4n) is 3.22. The highest BCUT2D eigenvalue weighted by atomic mass is 16.5. The van der Waals surface area contributed by atoms with Gasteiger partial charge in [0.2, 0.25) is 0 Å². The lowest BCUT2D eigenvalue weighted by atomic mass is 10.2. The van der Waals surface area contributed by atoms with E-state index in [2.05, 4.69) is 55.6 Å². The van der Waals surface area contributed by atoms with Crippen LogP contribution in [0, 0.1) is 0 Å². The molecule has 29 heavy (non-hydrogen) atoms. The summed E-state index contributed by atoms with van der Waals surface area (Å²) < 4.78 is 11.7. The van der Waals surface area contributed by atoms with E-state index in [0.717, 1.165) is 49.8 Å². The van der Waals surface area contributed by atoms with Crippen LogP contribution in [0.5, 0.6) is 11.5 Å². The van der Waals surface area contributed by atoms with E-state index in [9.17, 15) is 0 Å². The first-order valence-electron chi connectivity index (χ1n) is 11.5. The first-order chi connectivity index (χ1) is 14.3. The predicted molar refractivity (Wildman–Crippen MR) is 124 cm³/mol. The lowest BCUT2D eigenvalue weighted by molar-refractivity contribution is 0.304. The molecule has 0 spiro atoms. The number of hydrogen-bond acceptors (Lipinski definition) is 3. The minimum atomic E-state index is 0.789. The van der Waals surface area contributed by atoms with Crippen molar-refractivity contribution in [3.8, 4) is 11.5 Å². The summed E-state index contributed by atoms with van der Waals surface area (Å²) in [6.07, 6.45) is 11.2. The van der Waals surface area contributed by atoms with Crippen LogP contribution in [0.15, 0.2) is 48.5 Å². The molecule has 1 N–H and O–H groups in total. The molecule has 2 aromatic carbocycles. The van der Waals surface area contributed by atoms with E-state index in [1.165, 1.54) is 50.5 Å². The Morgan fingerprint density at radius 1 is 0.655 bits per heavy atom. The van der Waals surface area contributed by atoms with Crippen LogP contribution in [0.25, 0.3) is 0 Å². The zero-order chi connectivity index (χ0) is 20.6. The maximum atomic E-state index is 5.90. The molecule has 0 fully saturated rings. The van der Waals surface area contributed by atoms with Crippen LogP contribution in [0.3, 0.4) is 0 Å². The Hall–Kier alpha value is -2.16. The monoisotopic (exact) mass is 397 g/mol. The SMILES string of the molecule is CCCCCCCOc1cccc(NCc2ccc(OCCCCCC)cc2)c1. The zero-order valence-corrected chi connectivity index (χ0v) is 18.4. The molecule has 0 amide bonds. The maximum Gasteiger partial charge on any atom is 0.121 e. The van der Waals surface area contributed by atoms with Gasteiger partial charge in [0, 0.05) is 18.3 Å². The molecule has 0 saturated heterocycles. The van der Waals surface area contributed by atoms with Gasteiger partial charge in [-0.05, 0) is 42.7 Å². The Balaban J connectivity index is 1.68. The maximum absolute atomic E-state index is 5.90. The van der Waals surface area contributed by atoms with E-state index in [1.807, 2.05) is 12.1 Å². The summed E-state index contributed by atoms with van der Waals surface area (Å²) in [6, 6.07) is 16.6. The van der Waals surface area contributed by atoms with Crippen molar-refractivity contribution in [2.45, 2.75) is 78.2 Å². The van der Waals surface area contributed by atoms with Crippen molar-refractivity contribution < 1.29 is 9.47 Å². The van der Waals surface area contributed by atoms with Crippen LogP contribution in [-0.4, -0.2) is 13.2 Å². The molecule has 3 heteroatoms. The first kappa shape index (κ1) is 23.1. The van der Waals surface area contributed by atoms with Crippen LogP contribution in [0.4, 0.5) is 5.69 Å². The lowest BCUT2D eigenvalue weighted by Gasteiger charge is -2.11. The minimum absolute atomic E-state index is 0.789. The third kappa shape index (κ3) is 10.3. The summed E-state index contributed by atoms with van der Waals surface area (Å²) in [4.78, 5) is 0. The second-order valence-corrected chi connectivity index (χ2v) is 7.70. The van der Waals surface area contributed by atoms with E-state index in [-0.39, 0.29) is 0 Å². The molecule has 0 aliphatic rings. The number of benzene rings is 2. The molecule has 0 aromatic heterocycles. The van der Waals surface area contributed by atoms with Crippen molar-refractivity contribution in [3.05, 3.63) is 54.1 Å². The zero-order valence-electron chi connectivity index (χ0n) is 18.4. The van der Waals surface area contributed by atoms with Crippen LogP contribution in [-0.2, 0) is 6.54 Å². The fraction of sp³-hybridized carbons (Fsp3) is 0.538. The molecule has 0 radical (unpaired) electrons. The summed E-state index contributed by atoms with van der Waals surface area (Å²) >= 11 is 0. The molecule has 0 atom stereocenters. The molecular weight excluding hydrogens is 358 g/mol. The summed E-state index contributed by atoms with van der Waals surface area (Å²) in [5, 5.41) is 3.48. The Morgan fingerprint density at radius 3 is 1.97 bits per heavy atom. The number of rotatable bonds is 16. The highest BCUT2D eigenvalue weighted by molar-refractivity contribution is 5.48. The van der Waals surface area contributed by atoms with Gasteiger partial charge in [0.05, 0.1) is 13.2 Å². The molecule has 0 saturated carbocycles. The van der Waals surface area contributed by atoms with E-state index >= 15 is 0 Å². The van der Waals surface area contributed by atoms with Gasteiger partial charge < -0.3 is 14.8 Å². The van der Waals surface area contributed by atoms with E-state index in [1.54, 1.807) is 0 Å². The molecule has 3 nitrogen and oxygen atoms in total. The van der Waals surface area contributed by atoms with Gasteiger partial charge in [-0.3, -0.25) is 0 Å². The second kappa shape index (κ2) is 14.8. The Morgan fingerprint density at radius 2 is 1.28 bits per heavy atom. The van der Waals surface area contributed by atoms with Crippen molar-refractivity contribution in [2.75, 3.05) is 18.5 Å². The summed E-state index contributed by atoms with van der Waals surface area (Å²) in [5.41, 5.74) is 2.33. The average Bonchev–Trinajstić information content (AvgIpc) is 2.76. The summed E-state index contributed by atoms with van der Waals surface area (Å²) in [7, 11) is 0. The number of unbranched alkanes of at least 4 members (excludes halogenated alkanes) is 7. The van der Waals surface area contributed by atoms with Gasteiger partial charge in [0.15, 0.2) is 0 Å². The smallest absolute Gasteiger partial charge is 0.121 e. The van der Waals surface area contributed by atoms with Crippen molar-refractivity contribution in [2.24, 2.45) is 0 Å². The summed E-state index contributed by atoms with van der Waals surface area (Å²) in [6.45, 7) is 6.87. The van der Waals surface area contributed by atoms with Crippen molar-refractivity contribution in [3.63, 3.8) is 0 Å². The topological polar surface area (TPSA) is 30.5 Å². The number of nitrogens with one attached hydrogen (secondary N) is 1. The Kier molecular flexibility index (Phi) is 11.8. The normalized spacial score (nSPS) is 10.7. The van der Waals surface area contributed by atoms with Gasteiger partial charge in [-0.2, -0.15) is 0 Å². The van der Waals surface area contributed by atoms with Crippen LogP contribution >= 0.6 is 0 Å². The third-order valence-corrected chi connectivity index (χ3v) is 5.04. The predicted octanol–water partition coefficient (Wildman–Crippen LogP) is 7.61. The largest absolute Gasteiger partial charge is 0.494 e. The van der Waals surface area contributed by atoms with Gasteiger partial charge in [0.25, 0.3) is 0 Å². The van der Waals surface area contributed by atoms with E-state index in [0.29, 0.717) is 0 Å². The molecule has 0 aliphatic carbocycles. The van der Waals surface area contributed by atoms with E-state index in [4.69, 9.17) is 9.47 Å². The van der Waals surface area contributed by atoms with Crippen molar-refractivity contribution in [1.82, 2.24) is 0 Å². The van der Waals surface area contributed by atoms with Crippen molar-refractivity contribution >= 4 is 5.69 Å². The first-order valence-corrected chi connectivity index (χ1v) is 11.5. The van der Waals surface area contributed by atoms with Crippen molar-refractivity contribution in [1.29, 1.82) is 0 Å². The third-order valence-electron chi connectivity index (χ3n) is 5.04. The Bertz CT molecular complexity index is 654. The molecule has 2 rings (SSSR count). The summed E-state index contributed by atoms with van der Waals surface area (Å²) in [5.74, 6) is 1.90. The average molecular weight is 398 g/mol. The van der Waals surface area contributed by atoms with Gasteiger partial charge in [-0.1, -0.05) is 77.0 Å². The van der Waals surface area contributed by atoms with Crippen LogP contribution in [0.2, 0.25) is 0 Å². The molecule has 0 heterocycles. The van der Waals surface area contributed by atoms with Crippen LogP contribution < -0.4 is 14.8 Å². The van der Waals surface area contributed by atoms with Gasteiger partial charge in [-0.15, -0.1) is 0 Å². The lowest BCUT2D eigenvalue weighted by Crippen LogP contribution is -2.01. The van der Waals surface area contributed by atoms with Gasteiger partial charge in [-0.25, -0.2) is 0 Å². The molecule has 0 bridgehead atoms.